The molecule has 4 aliphatic rings. The van der Waals surface area contributed by atoms with Crippen LogP contribution in [0.5, 0.6) is 0 Å². The minimum absolute atomic E-state index is 0.995. The number of hydrogen-bond acceptors (Lipinski definition) is 0. The summed E-state index contributed by atoms with van der Waals surface area (Å²) in [6.07, 6.45) is 3.28. The average Bonchev–Trinajstić information content (AvgIpc) is 2.52. The molecule has 0 saturated heterocycles. The highest BCUT2D eigenvalue weighted by Gasteiger charge is 2.88. The van der Waals surface area contributed by atoms with Gasteiger partial charge < -0.3 is 0 Å². The highest BCUT2D eigenvalue weighted by Crippen LogP contribution is 2.93. The van der Waals surface area contributed by atoms with E-state index < -0.39 is 0 Å². The first-order valence-corrected chi connectivity index (χ1v) is 4.36. The Morgan fingerprint density at radius 2 is 2.22 bits per heavy atom. The van der Waals surface area contributed by atoms with E-state index in [-0.39, 0.29) is 0 Å². The van der Waals surface area contributed by atoms with Crippen molar-refractivity contribution in [2.75, 3.05) is 0 Å². The maximum absolute atomic E-state index is 2.49. The lowest BCUT2D eigenvalue weighted by Crippen LogP contribution is -2.20. The molecule has 0 heterocycles. The first kappa shape index (κ1) is 4.00. The van der Waals surface area contributed by atoms with Crippen LogP contribution < -0.4 is 0 Å². The van der Waals surface area contributed by atoms with Gasteiger partial charge in [-0.3, -0.25) is 0 Å². The van der Waals surface area contributed by atoms with E-state index in [1.807, 2.05) is 0 Å². The fourth-order valence-corrected chi connectivity index (χ4v) is 4.62. The molecule has 4 aliphatic carbocycles. The smallest absolute Gasteiger partial charge is 0.0201 e. The third-order valence-corrected chi connectivity index (χ3v) is 5.03. The van der Waals surface area contributed by atoms with Crippen LogP contribution in [0.3, 0.4) is 0 Å². The van der Waals surface area contributed by atoms with Crippen molar-refractivity contribution in [1.29, 1.82) is 0 Å². The minimum Gasteiger partial charge on any atom is -0.0617 e. The summed E-state index contributed by atoms with van der Waals surface area (Å²) >= 11 is 0. The first-order chi connectivity index (χ1) is 4.36. The van der Waals surface area contributed by atoms with Crippen molar-refractivity contribution in [3.63, 3.8) is 0 Å². The zero-order valence-electron chi connectivity index (χ0n) is 5.80. The molecule has 6 atom stereocenters. The molecule has 5 unspecified atom stereocenters. The van der Waals surface area contributed by atoms with Gasteiger partial charge in [0.2, 0.25) is 0 Å². The highest BCUT2D eigenvalue weighted by molar-refractivity contribution is 5.35. The molecule has 0 aliphatic heterocycles. The number of fused-ring (bicyclic) bond motifs is 2. The summed E-state index contributed by atoms with van der Waals surface area (Å²) in [5.41, 5.74) is 0.995. The normalized spacial score (nSPS) is 87.0. The van der Waals surface area contributed by atoms with Crippen LogP contribution in [-0.2, 0) is 0 Å². The third kappa shape index (κ3) is 0.189. The Bertz CT molecular complexity index is 202. The molecular weight excluding hydrogens is 108 g/mol. The average molecular weight is 120 g/mol. The Kier molecular flexibility index (Phi) is 0.329. The fourth-order valence-electron chi connectivity index (χ4n) is 4.62. The van der Waals surface area contributed by atoms with Gasteiger partial charge in [0.05, 0.1) is 0 Å². The molecule has 0 N–H and O–H groups in total. The molecule has 0 heteroatoms. The SMILES string of the molecule is CC1C2C3CC12[C@H]1CC31. The summed E-state index contributed by atoms with van der Waals surface area (Å²) in [6.45, 7) is 2.49. The van der Waals surface area contributed by atoms with Crippen molar-refractivity contribution in [2.45, 2.75) is 19.8 Å². The zero-order valence-corrected chi connectivity index (χ0v) is 5.80. The van der Waals surface area contributed by atoms with Crippen molar-refractivity contribution in [3.8, 4) is 0 Å². The summed E-state index contributed by atoms with van der Waals surface area (Å²) in [4.78, 5) is 0. The first-order valence-electron chi connectivity index (χ1n) is 4.36. The third-order valence-electron chi connectivity index (χ3n) is 5.03. The van der Waals surface area contributed by atoms with E-state index in [2.05, 4.69) is 6.92 Å². The van der Waals surface area contributed by atoms with E-state index in [0.717, 1.165) is 11.3 Å². The van der Waals surface area contributed by atoms with E-state index in [1.54, 1.807) is 12.8 Å². The van der Waals surface area contributed by atoms with E-state index in [0.29, 0.717) is 0 Å². The van der Waals surface area contributed by atoms with E-state index in [4.69, 9.17) is 0 Å². The molecule has 0 nitrogen and oxygen atoms in total. The lowest BCUT2D eigenvalue weighted by atomic mass is 9.78. The predicted octanol–water partition coefficient (Wildman–Crippen LogP) is 1.91. The van der Waals surface area contributed by atoms with Gasteiger partial charge >= 0.3 is 0 Å². The van der Waals surface area contributed by atoms with Gasteiger partial charge in [0, 0.05) is 0 Å². The molecule has 0 aromatic rings. The predicted molar refractivity (Wildman–Crippen MR) is 34.8 cm³/mol. The Labute approximate surface area is 55.6 Å². The molecule has 0 aromatic carbocycles. The molecule has 4 fully saturated rings. The maximum Gasteiger partial charge on any atom is -0.0201 e. The molecule has 0 spiro atoms. The van der Waals surface area contributed by atoms with E-state index in [9.17, 15) is 0 Å². The largest absolute Gasteiger partial charge is 0.0617 e. The topological polar surface area (TPSA) is 0 Å². The van der Waals surface area contributed by atoms with Crippen LogP contribution in [0.2, 0.25) is 0 Å². The van der Waals surface area contributed by atoms with Gasteiger partial charge in [0.25, 0.3) is 0 Å². The summed E-state index contributed by atoms with van der Waals surface area (Å²) in [5, 5.41) is 0. The molecule has 0 amide bonds. The van der Waals surface area contributed by atoms with E-state index in [1.165, 1.54) is 23.7 Å². The van der Waals surface area contributed by atoms with Crippen LogP contribution in [0.15, 0.2) is 0 Å². The zero-order chi connectivity index (χ0) is 5.80. The van der Waals surface area contributed by atoms with E-state index >= 15 is 0 Å². The summed E-state index contributed by atoms with van der Waals surface area (Å²) < 4.78 is 0. The molecule has 0 radical (unpaired) electrons. The van der Waals surface area contributed by atoms with Gasteiger partial charge in [0.15, 0.2) is 0 Å². The summed E-state index contributed by atoms with van der Waals surface area (Å²) in [5.74, 6) is 6.16. The van der Waals surface area contributed by atoms with Gasteiger partial charge in [-0.2, -0.15) is 0 Å². The number of hydrogen-bond donors (Lipinski definition) is 0. The van der Waals surface area contributed by atoms with Crippen molar-refractivity contribution < 1.29 is 0 Å². The molecular formula is C9H12. The Hall–Kier alpha value is 0. The molecule has 9 heavy (non-hydrogen) atoms. The second-order valence-corrected chi connectivity index (χ2v) is 4.80. The van der Waals surface area contributed by atoms with Gasteiger partial charge in [-0.25, -0.2) is 0 Å². The van der Waals surface area contributed by atoms with Crippen molar-refractivity contribution in [3.05, 3.63) is 0 Å². The second kappa shape index (κ2) is 0.741. The summed E-state index contributed by atoms with van der Waals surface area (Å²) in [6, 6.07) is 0. The lowest BCUT2D eigenvalue weighted by Gasteiger charge is -2.26. The van der Waals surface area contributed by atoms with Crippen LogP contribution >= 0.6 is 0 Å². The van der Waals surface area contributed by atoms with Crippen LogP contribution in [0.4, 0.5) is 0 Å². The summed E-state index contributed by atoms with van der Waals surface area (Å²) in [7, 11) is 0. The van der Waals surface area contributed by atoms with Crippen LogP contribution in [0.25, 0.3) is 0 Å². The molecule has 4 saturated carbocycles. The number of rotatable bonds is 0. The Balaban J connectivity index is 1.96. The van der Waals surface area contributed by atoms with Crippen LogP contribution in [-0.4, -0.2) is 0 Å². The quantitative estimate of drug-likeness (QED) is 0.458. The van der Waals surface area contributed by atoms with Crippen LogP contribution in [0.1, 0.15) is 19.8 Å². The van der Waals surface area contributed by atoms with Crippen molar-refractivity contribution >= 4 is 0 Å². The second-order valence-electron chi connectivity index (χ2n) is 4.80. The Morgan fingerprint density at radius 1 is 1.33 bits per heavy atom. The fraction of sp³-hybridized carbons (Fsp3) is 1.00. The Morgan fingerprint density at radius 3 is 2.67 bits per heavy atom. The minimum atomic E-state index is 0.995. The molecule has 2 bridgehead atoms. The maximum atomic E-state index is 2.49. The van der Waals surface area contributed by atoms with Gasteiger partial charge in [-0.05, 0) is 47.8 Å². The van der Waals surface area contributed by atoms with Crippen LogP contribution in [0, 0.1) is 35.0 Å². The standard InChI is InChI=1S/C9H12/c1-4-8-6-3-9(4,8)7-2-5(6)7/h4-8H,2-3H2,1H3/t4?,5?,6?,7-,8?,9?/m0/s1. The monoisotopic (exact) mass is 120 g/mol. The molecule has 4 rings (SSSR count). The molecule has 0 aromatic heterocycles. The van der Waals surface area contributed by atoms with Crippen molar-refractivity contribution in [2.24, 2.45) is 35.0 Å². The molecule has 48 valence electrons. The lowest BCUT2D eigenvalue weighted by molar-refractivity contribution is 0.221. The van der Waals surface area contributed by atoms with Gasteiger partial charge in [0.1, 0.15) is 0 Å². The van der Waals surface area contributed by atoms with Gasteiger partial charge in [-0.1, -0.05) is 6.92 Å². The van der Waals surface area contributed by atoms with Gasteiger partial charge in [-0.15, -0.1) is 0 Å². The highest BCUT2D eigenvalue weighted by atomic mass is 14.9. The van der Waals surface area contributed by atoms with Crippen molar-refractivity contribution in [1.82, 2.24) is 0 Å².